The number of aromatic amines is 1. The Morgan fingerprint density at radius 2 is 2.57 bits per heavy atom. The summed E-state index contributed by atoms with van der Waals surface area (Å²) in [5.41, 5.74) is -0.359. The van der Waals surface area contributed by atoms with Gasteiger partial charge >= 0.3 is 5.63 Å². The molecule has 0 aliphatic carbocycles. The normalized spacial score (nSPS) is 8.57. The number of hydrogen-bond acceptors (Lipinski definition) is 2. The summed E-state index contributed by atoms with van der Waals surface area (Å²) < 4.78 is 4.34. The third kappa shape index (κ3) is 0.855. The highest BCUT2D eigenvalue weighted by molar-refractivity contribution is 4.55. The maximum absolute atomic E-state index is 10.1. The van der Waals surface area contributed by atoms with Gasteiger partial charge in [0.2, 0.25) is 6.20 Å². The molecule has 0 bridgehead atoms. The molecule has 0 aliphatic rings. The summed E-state index contributed by atoms with van der Waals surface area (Å²) in [4.78, 5) is 12.6. The lowest BCUT2D eigenvalue weighted by atomic mass is 10.8. The third-order valence-corrected chi connectivity index (χ3v) is 0.550. The van der Waals surface area contributed by atoms with Crippen LogP contribution in [0.1, 0.15) is 0 Å². The molecule has 1 rings (SSSR count). The van der Waals surface area contributed by atoms with Crippen LogP contribution in [0, 0.1) is 0 Å². The van der Waals surface area contributed by atoms with E-state index in [2.05, 4.69) is 9.40 Å². The predicted molar refractivity (Wildman–Crippen MR) is 21.5 cm³/mol. The maximum Gasteiger partial charge on any atom is 0.400 e. The zero-order valence-corrected chi connectivity index (χ0v) is 3.55. The van der Waals surface area contributed by atoms with Crippen molar-refractivity contribution in [2.24, 2.45) is 0 Å². The fourth-order valence-electron chi connectivity index (χ4n) is 0.291. The van der Waals surface area contributed by atoms with Gasteiger partial charge in [0.05, 0.1) is 0 Å². The van der Waals surface area contributed by atoms with Gasteiger partial charge in [-0.05, 0) is 0 Å². The van der Waals surface area contributed by atoms with Crippen LogP contribution in [0.15, 0.2) is 27.9 Å². The Hall–Kier alpha value is -1.12. The van der Waals surface area contributed by atoms with Crippen LogP contribution >= 0.6 is 0 Å². The van der Waals surface area contributed by atoms with Crippen LogP contribution in [0.5, 0.6) is 0 Å². The number of hydrogen-bond donors (Lipinski definition) is 0. The molecule has 0 aromatic carbocycles. The molecular weight excluding hydrogens is 94.0 g/mol. The quantitative estimate of drug-likeness (QED) is 0.437. The Bertz CT molecular complexity index is 175. The lowest BCUT2D eigenvalue weighted by molar-refractivity contribution is -0.383. The Morgan fingerprint density at radius 1 is 1.71 bits per heavy atom. The summed E-state index contributed by atoms with van der Waals surface area (Å²) >= 11 is 0. The van der Waals surface area contributed by atoms with E-state index in [0.717, 1.165) is 0 Å². The van der Waals surface area contributed by atoms with Crippen molar-refractivity contribution < 1.29 is 9.40 Å². The van der Waals surface area contributed by atoms with Gasteiger partial charge in [-0.3, -0.25) is 0 Å². The average Bonchev–Trinajstić information content (AvgIpc) is 1.69. The third-order valence-electron chi connectivity index (χ3n) is 0.550. The molecule has 1 aromatic heterocycles. The van der Waals surface area contributed by atoms with Gasteiger partial charge in [0, 0.05) is 0 Å². The summed E-state index contributed by atoms with van der Waals surface area (Å²) in [5.74, 6) is 0. The summed E-state index contributed by atoms with van der Waals surface area (Å²) in [6.07, 6.45) is 4.06. The van der Waals surface area contributed by atoms with E-state index in [1.54, 1.807) is 0 Å². The van der Waals surface area contributed by atoms with Gasteiger partial charge in [0.25, 0.3) is 6.20 Å². The first-order chi connectivity index (χ1) is 3.39. The van der Waals surface area contributed by atoms with Gasteiger partial charge < -0.3 is 4.42 Å². The molecule has 0 spiro atoms. The second-order valence-corrected chi connectivity index (χ2v) is 1.05. The lowest BCUT2D eigenvalue weighted by Gasteiger charge is -1.66. The van der Waals surface area contributed by atoms with Gasteiger partial charge in [-0.2, -0.15) is 0 Å². The molecule has 0 radical (unpaired) electrons. The van der Waals surface area contributed by atoms with Gasteiger partial charge in [0.1, 0.15) is 0 Å². The molecule has 36 valence electrons. The highest BCUT2D eigenvalue weighted by atomic mass is 16.4. The predicted octanol–water partition coefficient (Wildman–Crippen LogP) is -0.546. The van der Waals surface area contributed by atoms with E-state index in [9.17, 15) is 4.79 Å². The summed E-state index contributed by atoms with van der Waals surface area (Å²) in [5, 5.41) is 0. The van der Waals surface area contributed by atoms with E-state index < -0.39 is 0 Å². The fourth-order valence-corrected chi connectivity index (χ4v) is 0.291. The summed E-state index contributed by atoms with van der Waals surface area (Å²) in [6.45, 7) is 0. The Labute approximate surface area is 39.6 Å². The molecule has 1 N–H and O–H groups in total. The van der Waals surface area contributed by atoms with E-state index in [1.165, 1.54) is 18.7 Å². The zero-order chi connectivity index (χ0) is 5.11. The van der Waals surface area contributed by atoms with E-state index >= 15 is 0 Å². The highest BCUT2D eigenvalue weighted by Gasteiger charge is 1.80. The molecule has 0 amide bonds. The molecule has 1 aromatic rings. The van der Waals surface area contributed by atoms with Gasteiger partial charge in [-0.15, -0.1) is 0 Å². The fraction of sp³-hybridized carbons (Fsp3) is 0. The summed E-state index contributed by atoms with van der Waals surface area (Å²) in [7, 11) is 0. The van der Waals surface area contributed by atoms with Crippen LogP contribution in [-0.2, 0) is 0 Å². The summed E-state index contributed by atoms with van der Waals surface area (Å²) in [6, 6.07) is 0. The van der Waals surface area contributed by atoms with Crippen molar-refractivity contribution in [1.82, 2.24) is 0 Å². The zero-order valence-electron chi connectivity index (χ0n) is 3.55. The smallest absolute Gasteiger partial charge is 0.400 e. The second kappa shape index (κ2) is 1.55. The van der Waals surface area contributed by atoms with Crippen molar-refractivity contribution in [3.8, 4) is 0 Å². The highest BCUT2D eigenvalue weighted by Crippen LogP contribution is 1.58. The molecule has 3 nitrogen and oxygen atoms in total. The van der Waals surface area contributed by atoms with Crippen molar-refractivity contribution in [1.29, 1.82) is 0 Å². The number of H-pyrrole nitrogens is 1. The van der Waals surface area contributed by atoms with Gasteiger partial charge in [0.15, 0.2) is 6.26 Å². The Balaban J connectivity index is 3.28. The van der Waals surface area contributed by atoms with Crippen LogP contribution in [0.4, 0.5) is 0 Å². The van der Waals surface area contributed by atoms with Crippen LogP contribution in [-0.4, -0.2) is 0 Å². The maximum atomic E-state index is 10.1. The number of nitrogens with one attached hydrogen (secondary N) is 1. The van der Waals surface area contributed by atoms with Crippen LogP contribution in [0.2, 0.25) is 0 Å². The molecule has 0 saturated heterocycles. The van der Waals surface area contributed by atoms with Crippen molar-refractivity contribution in [3.05, 3.63) is 29.1 Å². The monoisotopic (exact) mass is 98.0 g/mol. The van der Waals surface area contributed by atoms with Crippen molar-refractivity contribution in [2.45, 2.75) is 0 Å². The Morgan fingerprint density at radius 3 is 2.86 bits per heavy atom. The largest absolute Gasteiger partial charge is 0.421 e. The molecule has 1 heterocycles. The second-order valence-electron chi connectivity index (χ2n) is 1.05. The number of rotatable bonds is 0. The van der Waals surface area contributed by atoms with Crippen LogP contribution in [0.25, 0.3) is 0 Å². The first-order valence-electron chi connectivity index (χ1n) is 1.84. The van der Waals surface area contributed by atoms with E-state index in [1.807, 2.05) is 0 Å². The van der Waals surface area contributed by atoms with Crippen molar-refractivity contribution in [3.63, 3.8) is 0 Å². The SMILES string of the molecule is O=c1c[nH+]cco1. The molecule has 0 fully saturated rings. The van der Waals surface area contributed by atoms with Gasteiger partial charge in [-0.1, -0.05) is 0 Å². The molecule has 3 heteroatoms. The first kappa shape index (κ1) is 4.05. The minimum atomic E-state index is -0.359. The standard InChI is InChI=1S/C4H3NO2/c6-4-3-5-1-2-7-4/h1-3H/p+1. The molecule has 0 aliphatic heterocycles. The minimum Gasteiger partial charge on any atom is -0.421 e. The molecular formula is C4H4NO2+. The Kier molecular flexibility index (Phi) is 0.898. The van der Waals surface area contributed by atoms with Crippen LogP contribution in [0.3, 0.4) is 0 Å². The van der Waals surface area contributed by atoms with Gasteiger partial charge in [-0.25, -0.2) is 9.78 Å². The molecule has 0 atom stereocenters. The number of aromatic nitrogens is 1. The topological polar surface area (TPSA) is 44.4 Å². The average molecular weight is 98.1 g/mol. The van der Waals surface area contributed by atoms with Crippen molar-refractivity contribution >= 4 is 0 Å². The molecule has 7 heavy (non-hydrogen) atoms. The van der Waals surface area contributed by atoms with Crippen LogP contribution < -0.4 is 10.6 Å². The van der Waals surface area contributed by atoms with E-state index in [4.69, 9.17) is 0 Å². The lowest BCUT2D eigenvalue weighted by Crippen LogP contribution is -2.08. The van der Waals surface area contributed by atoms with E-state index in [0.29, 0.717) is 0 Å². The first-order valence-corrected chi connectivity index (χ1v) is 1.84. The van der Waals surface area contributed by atoms with Crippen molar-refractivity contribution in [2.75, 3.05) is 0 Å². The molecule has 0 unspecified atom stereocenters. The molecule has 0 saturated carbocycles. The van der Waals surface area contributed by atoms with E-state index in [-0.39, 0.29) is 5.63 Å². The minimum absolute atomic E-state index is 0.359.